The molecular weight excluding hydrogens is 398 g/mol. The average molecular weight is 417 g/mol. The molecule has 154 valence electrons. The Labute approximate surface area is 183 Å². The Kier molecular flexibility index (Phi) is 3.22. The van der Waals surface area contributed by atoms with E-state index in [4.69, 9.17) is 0 Å². The van der Waals surface area contributed by atoms with Gasteiger partial charge < -0.3 is 4.90 Å². The fraction of sp³-hybridized carbons (Fsp3) is 0.120. The molecule has 7 heteroatoms. The van der Waals surface area contributed by atoms with E-state index in [1.54, 1.807) is 12.7 Å². The van der Waals surface area contributed by atoms with Crippen LogP contribution in [0.3, 0.4) is 0 Å². The highest BCUT2D eigenvalue weighted by Gasteiger charge is 2.36. The molecule has 0 fully saturated rings. The molecule has 3 aromatic carbocycles. The van der Waals surface area contributed by atoms with Crippen LogP contribution in [0.25, 0.3) is 22.3 Å². The van der Waals surface area contributed by atoms with Gasteiger partial charge in [-0.05, 0) is 41.5 Å². The van der Waals surface area contributed by atoms with Crippen molar-refractivity contribution >= 4 is 39.4 Å². The van der Waals surface area contributed by atoms with Gasteiger partial charge >= 0.3 is 0 Å². The van der Waals surface area contributed by atoms with Crippen molar-refractivity contribution in [3.05, 3.63) is 90.5 Å². The minimum atomic E-state index is -0.0866. The normalized spacial score (nSPS) is 14.8. The maximum absolute atomic E-state index is 4.28. The van der Waals surface area contributed by atoms with Crippen LogP contribution in [0, 0.1) is 0 Å². The lowest BCUT2D eigenvalue weighted by Crippen LogP contribution is -2.30. The molecule has 0 aliphatic carbocycles. The summed E-state index contributed by atoms with van der Waals surface area (Å²) < 4.78 is 3.94. The minimum Gasteiger partial charge on any atom is -0.310 e. The first-order chi connectivity index (χ1) is 15.6. The van der Waals surface area contributed by atoms with Crippen LogP contribution in [0.1, 0.15) is 25.0 Å². The number of aromatic nitrogens is 6. The van der Waals surface area contributed by atoms with Gasteiger partial charge in [-0.2, -0.15) is 0 Å². The number of para-hydroxylation sites is 2. The van der Waals surface area contributed by atoms with Crippen LogP contribution in [0.4, 0.5) is 17.1 Å². The fourth-order valence-corrected chi connectivity index (χ4v) is 5.12. The van der Waals surface area contributed by atoms with E-state index in [9.17, 15) is 0 Å². The standard InChI is InChI=1S/C25H19N7/c1-25(2)17-7-3-5-9-19(17)32(20-10-6-4-8-18(20)25)16-11-12-21-22(13-16)31-15-27-29-24(31)23-28-26-14-30(21)23/h3-15H,1-2H3. The van der Waals surface area contributed by atoms with E-state index in [2.05, 4.69) is 106 Å². The Balaban J connectivity index is 1.56. The number of hydrogen-bond acceptors (Lipinski definition) is 5. The van der Waals surface area contributed by atoms with Crippen LogP contribution >= 0.6 is 0 Å². The molecule has 1 aliphatic heterocycles. The molecule has 0 atom stereocenters. The van der Waals surface area contributed by atoms with Gasteiger partial charge in [0.1, 0.15) is 12.7 Å². The van der Waals surface area contributed by atoms with Gasteiger partial charge in [0.05, 0.1) is 22.4 Å². The zero-order valence-electron chi connectivity index (χ0n) is 17.6. The molecule has 0 spiro atoms. The smallest absolute Gasteiger partial charge is 0.206 e. The van der Waals surface area contributed by atoms with Gasteiger partial charge in [-0.15, -0.1) is 20.4 Å². The summed E-state index contributed by atoms with van der Waals surface area (Å²) in [5.41, 5.74) is 9.37. The number of nitrogens with zero attached hydrogens (tertiary/aromatic N) is 7. The van der Waals surface area contributed by atoms with E-state index in [0.717, 1.165) is 16.7 Å². The van der Waals surface area contributed by atoms with Gasteiger partial charge in [0.25, 0.3) is 0 Å². The lowest BCUT2D eigenvalue weighted by Gasteiger charge is -2.42. The van der Waals surface area contributed by atoms with E-state index < -0.39 is 0 Å². The highest BCUT2D eigenvalue weighted by atomic mass is 15.3. The summed E-state index contributed by atoms with van der Waals surface area (Å²) in [6, 6.07) is 23.8. The van der Waals surface area contributed by atoms with Crippen molar-refractivity contribution in [2.45, 2.75) is 19.3 Å². The van der Waals surface area contributed by atoms with Crippen molar-refractivity contribution in [1.82, 2.24) is 29.2 Å². The van der Waals surface area contributed by atoms with Crippen molar-refractivity contribution in [2.24, 2.45) is 0 Å². The highest BCUT2D eigenvalue weighted by molar-refractivity contribution is 5.92. The summed E-state index contributed by atoms with van der Waals surface area (Å²) in [5.74, 6) is 0. The summed E-state index contributed by atoms with van der Waals surface area (Å²) in [5, 5.41) is 16.7. The van der Waals surface area contributed by atoms with Crippen LogP contribution in [-0.2, 0) is 5.41 Å². The molecule has 6 aromatic rings. The molecule has 7 rings (SSSR count). The average Bonchev–Trinajstić information content (AvgIpc) is 3.49. The third-order valence-electron chi connectivity index (χ3n) is 6.67. The summed E-state index contributed by atoms with van der Waals surface area (Å²) >= 11 is 0. The zero-order chi connectivity index (χ0) is 21.4. The third-order valence-corrected chi connectivity index (χ3v) is 6.67. The van der Waals surface area contributed by atoms with Crippen LogP contribution in [0.5, 0.6) is 0 Å². The van der Waals surface area contributed by atoms with E-state index in [1.807, 2.05) is 8.80 Å². The Hall–Kier alpha value is -4.26. The monoisotopic (exact) mass is 417 g/mol. The topological polar surface area (TPSA) is 63.6 Å². The van der Waals surface area contributed by atoms with Crippen molar-refractivity contribution in [2.75, 3.05) is 4.90 Å². The van der Waals surface area contributed by atoms with Crippen LogP contribution in [-0.4, -0.2) is 29.2 Å². The van der Waals surface area contributed by atoms with Crippen molar-refractivity contribution in [3.8, 4) is 0 Å². The maximum Gasteiger partial charge on any atom is 0.206 e. The zero-order valence-corrected chi connectivity index (χ0v) is 17.6. The first-order valence-corrected chi connectivity index (χ1v) is 10.6. The Bertz CT molecular complexity index is 1630. The number of hydrogen-bond donors (Lipinski definition) is 0. The molecule has 4 heterocycles. The second-order valence-corrected chi connectivity index (χ2v) is 8.72. The van der Waals surface area contributed by atoms with Crippen LogP contribution in [0.2, 0.25) is 0 Å². The molecule has 32 heavy (non-hydrogen) atoms. The lowest BCUT2D eigenvalue weighted by atomic mass is 9.73. The molecule has 0 amide bonds. The van der Waals surface area contributed by atoms with Gasteiger partial charge in [0, 0.05) is 11.1 Å². The SMILES string of the molecule is CC1(C)c2ccccc2N(c2ccc3c(c2)n2cnnc2c2nncn32)c2ccccc21. The fourth-order valence-electron chi connectivity index (χ4n) is 5.12. The molecule has 0 radical (unpaired) electrons. The summed E-state index contributed by atoms with van der Waals surface area (Å²) in [4.78, 5) is 2.35. The lowest BCUT2D eigenvalue weighted by molar-refractivity contribution is 0.632. The van der Waals surface area contributed by atoms with Gasteiger partial charge in [-0.1, -0.05) is 50.2 Å². The number of anilines is 3. The van der Waals surface area contributed by atoms with Crippen molar-refractivity contribution < 1.29 is 0 Å². The molecule has 1 aliphatic rings. The van der Waals surface area contributed by atoms with Gasteiger partial charge in [-0.25, -0.2) is 0 Å². The second-order valence-electron chi connectivity index (χ2n) is 8.72. The Morgan fingerprint density at radius 2 is 1.22 bits per heavy atom. The van der Waals surface area contributed by atoms with Crippen LogP contribution in [0.15, 0.2) is 79.4 Å². The third kappa shape index (κ3) is 2.09. The highest BCUT2D eigenvalue weighted by Crippen LogP contribution is 2.51. The van der Waals surface area contributed by atoms with E-state index in [1.165, 1.54) is 22.5 Å². The number of benzene rings is 3. The molecule has 0 saturated carbocycles. The first kappa shape index (κ1) is 17.4. The summed E-state index contributed by atoms with van der Waals surface area (Å²) in [7, 11) is 0. The molecule has 0 bridgehead atoms. The van der Waals surface area contributed by atoms with E-state index in [-0.39, 0.29) is 5.41 Å². The van der Waals surface area contributed by atoms with E-state index >= 15 is 0 Å². The van der Waals surface area contributed by atoms with Crippen molar-refractivity contribution in [3.63, 3.8) is 0 Å². The summed E-state index contributed by atoms with van der Waals surface area (Å²) in [6.45, 7) is 4.59. The first-order valence-electron chi connectivity index (χ1n) is 10.6. The minimum absolute atomic E-state index is 0.0866. The molecule has 0 N–H and O–H groups in total. The van der Waals surface area contributed by atoms with Gasteiger partial charge in [0.15, 0.2) is 0 Å². The molecule has 0 unspecified atom stereocenters. The molecular formula is C25H19N7. The van der Waals surface area contributed by atoms with Gasteiger partial charge in [0.2, 0.25) is 11.3 Å². The quantitative estimate of drug-likeness (QED) is 0.375. The summed E-state index contributed by atoms with van der Waals surface area (Å²) in [6.07, 6.45) is 3.46. The predicted octanol–water partition coefficient (Wildman–Crippen LogP) is 5.03. The predicted molar refractivity (Wildman–Crippen MR) is 124 cm³/mol. The van der Waals surface area contributed by atoms with Gasteiger partial charge in [-0.3, -0.25) is 8.80 Å². The van der Waals surface area contributed by atoms with E-state index in [0.29, 0.717) is 11.3 Å². The molecule has 0 saturated heterocycles. The molecule has 3 aromatic heterocycles. The maximum atomic E-state index is 4.28. The van der Waals surface area contributed by atoms with Crippen LogP contribution < -0.4 is 4.90 Å². The molecule has 7 nitrogen and oxygen atoms in total. The number of rotatable bonds is 1. The Morgan fingerprint density at radius 3 is 1.84 bits per heavy atom. The second kappa shape index (κ2) is 5.91. The Morgan fingerprint density at radius 1 is 0.656 bits per heavy atom. The largest absolute Gasteiger partial charge is 0.310 e. The number of fused-ring (bicyclic) bond motifs is 8. The van der Waals surface area contributed by atoms with Crippen molar-refractivity contribution in [1.29, 1.82) is 0 Å².